The van der Waals surface area contributed by atoms with E-state index in [1.54, 1.807) is 12.1 Å². The molecule has 10 nitrogen and oxygen atoms in total. The van der Waals surface area contributed by atoms with Crippen LogP contribution in [0.3, 0.4) is 0 Å². The second-order valence-corrected chi connectivity index (χ2v) is 16.3. The Morgan fingerprint density at radius 2 is 1.75 bits per heavy atom. The number of hydrogen-bond acceptors (Lipinski definition) is 10. The van der Waals surface area contributed by atoms with Crippen molar-refractivity contribution in [1.82, 2.24) is 19.9 Å². The molecule has 5 fully saturated rings. The molecule has 1 spiro atoms. The summed E-state index contributed by atoms with van der Waals surface area (Å²) in [4.78, 5) is 19.3. The van der Waals surface area contributed by atoms with E-state index in [1.807, 2.05) is 0 Å². The SMILES string of the molecule is COc1nc(-c2cc(O)cc3cccc(F)c23)c(F)c2nc(OCC34CCCC3N(C3CC(C)OC(C)C3)CCC4)nc(N3CCCC4(CCO4)C3)c12. The van der Waals surface area contributed by atoms with Crippen molar-refractivity contribution < 1.29 is 32.8 Å². The molecule has 12 heteroatoms. The zero-order valence-electron chi connectivity index (χ0n) is 30.9. The van der Waals surface area contributed by atoms with Crippen molar-refractivity contribution >= 4 is 27.5 Å². The maximum atomic E-state index is 17.2. The summed E-state index contributed by atoms with van der Waals surface area (Å²) in [6.45, 7) is 7.88. The van der Waals surface area contributed by atoms with Gasteiger partial charge in [-0.3, -0.25) is 4.90 Å². The van der Waals surface area contributed by atoms with E-state index in [2.05, 4.69) is 28.6 Å². The summed E-state index contributed by atoms with van der Waals surface area (Å²) in [6.07, 6.45) is 10.8. The zero-order valence-corrected chi connectivity index (χ0v) is 30.9. The molecular weight excluding hydrogens is 680 g/mol. The van der Waals surface area contributed by atoms with Gasteiger partial charge in [-0.25, -0.2) is 13.8 Å². The topological polar surface area (TPSA) is 102 Å². The molecular formula is C41H49F2N5O5. The summed E-state index contributed by atoms with van der Waals surface area (Å²) in [5.74, 6) is -0.865. The van der Waals surface area contributed by atoms with Gasteiger partial charge < -0.3 is 29.0 Å². The zero-order chi connectivity index (χ0) is 36.5. The van der Waals surface area contributed by atoms with Crippen LogP contribution < -0.4 is 14.4 Å². The van der Waals surface area contributed by atoms with Gasteiger partial charge in [-0.1, -0.05) is 18.6 Å². The van der Waals surface area contributed by atoms with Crippen molar-refractivity contribution in [3.8, 4) is 28.9 Å². The highest BCUT2D eigenvalue weighted by Gasteiger charge is 2.51. The van der Waals surface area contributed by atoms with Crippen LogP contribution in [-0.4, -0.2) is 94.8 Å². The van der Waals surface area contributed by atoms with E-state index >= 15 is 8.78 Å². The van der Waals surface area contributed by atoms with E-state index < -0.39 is 11.6 Å². The maximum absolute atomic E-state index is 17.2. The molecule has 4 aromatic rings. The van der Waals surface area contributed by atoms with Crippen LogP contribution in [0.25, 0.3) is 32.9 Å². The molecule has 0 amide bonds. The Morgan fingerprint density at radius 1 is 0.962 bits per heavy atom. The van der Waals surface area contributed by atoms with E-state index in [4.69, 9.17) is 28.9 Å². The van der Waals surface area contributed by atoms with E-state index in [0.29, 0.717) is 48.4 Å². The highest BCUT2D eigenvalue weighted by atomic mass is 19.1. The number of aromatic nitrogens is 3. The van der Waals surface area contributed by atoms with Gasteiger partial charge in [-0.15, -0.1) is 0 Å². The molecule has 0 bridgehead atoms. The van der Waals surface area contributed by atoms with Gasteiger partial charge in [0.05, 0.1) is 38.1 Å². The van der Waals surface area contributed by atoms with Gasteiger partial charge in [0.25, 0.3) is 0 Å². The first kappa shape index (κ1) is 34.9. The Hall–Kier alpha value is -3.87. The average Bonchev–Trinajstić information content (AvgIpc) is 3.57. The van der Waals surface area contributed by atoms with Gasteiger partial charge in [-0.05, 0) is 95.3 Å². The molecule has 2 aromatic heterocycles. The molecule has 2 aromatic carbocycles. The first-order valence-corrected chi connectivity index (χ1v) is 19.5. The van der Waals surface area contributed by atoms with Crippen molar-refractivity contribution in [2.75, 3.05) is 44.9 Å². The quantitative estimate of drug-likeness (QED) is 0.205. The van der Waals surface area contributed by atoms with Gasteiger partial charge >= 0.3 is 6.01 Å². The fourth-order valence-corrected chi connectivity index (χ4v) is 10.5. The van der Waals surface area contributed by atoms with Gasteiger partial charge in [0.1, 0.15) is 34.0 Å². The lowest BCUT2D eigenvalue weighted by molar-refractivity contribution is -0.151. The van der Waals surface area contributed by atoms with Crippen LogP contribution in [0, 0.1) is 17.0 Å². The predicted octanol–water partition coefficient (Wildman–Crippen LogP) is 7.57. The lowest BCUT2D eigenvalue weighted by Crippen LogP contribution is -2.57. The van der Waals surface area contributed by atoms with E-state index in [0.717, 1.165) is 77.4 Å². The molecule has 5 atom stereocenters. The molecule has 1 aliphatic carbocycles. The molecule has 1 N–H and O–H groups in total. The number of pyridine rings is 1. The van der Waals surface area contributed by atoms with Crippen LogP contribution in [0.4, 0.5) is 14.6 Å². The third kappa shape index (κ3) is 6.05. The third-order valence-corrected chi connectivity index (χ3v) is 12.9. The summed E-state index contributed by atoms with van der Waals surface area (Å²) in [6, 6.07) is 8.27. The Labute approximate surface area is 308 Å². The largest absolute Gasteiger partial charge is 0.508 e. The molecule has 5 aliphatic rings. The first-order valence-electron chi connectivity index (χ1n) is 19.5. The second-order valence-electron chi connectivity index (χ2n) is 16.3. The van der Waals surface area contributed by atoms with Gasteiger partial charge in [0.2, 0.25) is 5.88 Å². The smallest absolute Gasteiger partial charge is 0.319 e. The number of nitrogens with zero attached hydrogens (tertiary/aromatic N) is 5. The molecule has 6 heterocycles. The number of phenolic OH excluding ortho intramolecular Hbond substituents is 1. The number of ether oxygens (including phenoxy) is 4. The Balaban J connectivity index is 1.14. The first-order chi connectivity index (χ1) is 25.7. The van der Waals surface area contributed by atoms with Crippen molar-refractivity contribution in [2.24, 2.45) is 5.41 Å². The summed E-state index contributed by atoms with van der Waals surface area (Å²) < 4.78 is 57.4. The Morgan fingerprint density at radius 3 is 2.53 bits per heavy atom. The van der Waals surface area contributed by atoms with Crippen molar-refractivity contribution in [3.63, 3.8) is 0 Å². The monoisotopic (exact) mass is 729 g/mol. The summed E-state index contributed by atoms with van der Waals surface area (Å²) in [5.41, 5.74) is -0.428. The van der Waals surface area contributed by atoms with Crippen LogP contribution in [0.5, 0.6) is 17.6 Å². The van der Waals surface area contributed by atoms with Crippen LogP contribution in [0.1, 0.15) is 78.1 Å². The Kier molecular flexibility index (Phi) is 8.85. The number of fused-ring (bicyclic) bond motifs is 3. The minimum absolute atomic E-state index is 0.0234. The standard InChI is InChI=1S/C41H49F2N5O5/c1-24-18-27(19-25(2)53-24)48-16-6-12-40(11-5-10-31(40)48)23-51-39-45-36-33(37(46-39)47-15-7-13-41(22-47)14-17-52-41)38(50-3)44-35(34(36)43)29-21-28(49)20-26-8-4-9-30(42)32(26)29/h4,8-9,20-21,24-25,27,31,49H,5-7,10-19,22-23H2,1-3H3. The van der Waals surface area contributed by atoms with Crippen LogP contribution >= 0.6 is 0 Å². The number of likely N-dealkylation sites (tertiary alicyclic amines) is 1. The van der Waals surface area contributed by atoms with Gasteiger partial charge in [0.15, 0.2) is 5.82 Å². The Bertz CT molecular complexity index is 2040. The number of anilines is 1. The van der Waals surface area contributed by atoms with E-state index in [-0.39, 0.29) is 63.0 Å². The highest BCUT2D eigenvalue weighted by molar-refractivity contribution is 6.02. The number of rotatable bonds is 7. The highest BCUT2D eigenvalue weighted by Crippen LogP contribution is 2.50. The summed E-state index contributed by atoms with van der Waals surface area (Å²) >= 11 is 0. The second kappa shape index (κ2) is 13.5. The van der Waals surface area contributed by atoms with Crippen molar-refractivity contribution in [1.29, 1.82) is 0 Å². The fourth-order valence-electron chi connectivity index (χ4n) is 10.5. The number of aromatic hydroxyl groups is 1. The fraction of sp³-hybridized carbons (Fsp3) is 0.585. The number of methoxy groups -OCH3 is 1. The van der Waals surface area contributed by atoms with Crippen LogP contribution in [0.15, 0.2) is 30.3 Å². The van der Waals surface area contributed by atoms with Gasteiger partial charge in [0, 0.05) is 48.0 Å². The lowest BCUT2D eigenvalue weighted by Gasteiger charge is -2.51. The average molecular weight is 730 g/mol. The number of halogens is 2. The predicted molar refractivity (Wildman–Crippen MR) is 198 cm³/mol. The molecule has 1 saturated carbocycles. The van der Waals surface area contributed by atoms with E-state index in [1.165, 1.54) is 25.3 Å². The minimum atomic E-state index is -0.764. The molecule has 9 rings (SSSR count). The summed E-state index contributed by atoms with van der Waals surface area (Å²) in [7, 11) is 1.47. The molecule has 0 radical (unpaired) electrons. The molecule has 4 saturated heterocycles. The summed E-state index contributed by atoms with van der Waals surface area (Å²) in [5, 5.41) is 11.5. The van der Waals surface area contributed by atoms with Crippen LogP contribution in [0.2, 0.25) is 0 Å². The normalized spacial score (nSPS) is 30.5. The number of phenols is 1. The number of piperidine rings is 2. The molecule has 282 valence electrons. The molecule has 4 aliphatic heterocycles. The minimum Gasteiger partial charge on any atom is -0.508 e. The lowest BCUT2D eigenvalue weighted by atomic mass is 9.74. The van der Waals surface area contributed by atoms with Crippen molar-refractivity contribution in [2.45, 2.75) is 108 Å². The van der Waals surface area contributed by atoms with E-state index in [9.17, 15) is 5.11 Å². The maximum Gasteiger partial charge on any atom is 0.319 e. The molecule has 5 unspecified atom stereocenters. The number of hydrogen-bond donors (Lipinski definition) is 1. The van der Waals surface area contributed by atoms with Crippen molar-refractivity contribution in [3.05, 3.63) is 42.0 Å². The van der Waals surface area contributed by atoms with Crippen LogP contribution in [-0.2, 0) is 9.47 Å². The number of benzene rings is 2. The molecule has 53 heavy (non-hydrogen) atoms. The third-order valence-electron chi connectivity index (χ3n) is 12.9. The van der Waals surface area contributed by atoms with Gasteiger partial charge in [-0.2, -0.15) is 9.97 Å².